The standard InChI is InChI=1S/C14H18N4O4/c1-22-10-2-5-15-13(16-10)18-8-6-17(7-9-18)11(19)14(3-4-14)12(20)21/h2,5H,3-4,6-9H2,1H3,(H,20,21). The summed E-state index contributed by atoms with van der Waals surface area (Å²) in [4.78, 5) is 35.7. The van der Waals surface area contributed by atoms with Crippen LogP contribution in [0.3, 0.4) is 0 Å². The Morgan fingerprint density at radius 1 is 1.27 bits per heavy atom. The highest BCUT2D eigenvalue weighted by Gasteiger charge is 2.58. The van der Waals surface area contributed by atoms with Crippen molar-refractivity contribution in [1.82, 2.24) is 14.9 Å². The van der Waals surface area contributed by atoms with Crippen molar-refractivity contribution in [3.63, 3.8) is 0 Å². The van der Waals surface area contributed by atoms with Crippen molar-refractivity contribution < 1.29 is 19.4 Å². The maximum atomic E-state index is 12.3. The lowest BCUT2D eigenvalue weighted by molar-refractivity contribution is -0.153. The quantitative estimate of drug-likeness (QED) is 0.782. The summed E-state index contributed by atoms with van der Waals surface area (Å²) >= 11 is 0. The highest BCUT2D eigenvalue weighted by molar-refractivity contribution is 6.04. The second-order valence-electron chi connectivity index (χ2n) is 5.57. The Morgan fingerprint density at radius 2 is 1.95 bits per heavy atom. The Balaban J connectivity index is 1.63. The maximum absolute atomic E-state index is 12.3. The van der Waals surface area contributed by atoms with E-state index in [1.165, 1.54) is 0 Å². The number of nitrogens with zero attached hydrogens (tertiary/aromatic N) is 4. The van der Waals surface area contributed by atoms with E-state index in [0.29, 0.717) is 50.8 Å². The van der Waals surface area contributed by atoms with Gasteiger partial charge >= 0.3 is 5.97 Å². The first-order valence-electron chi connectivity index (χ1n) is 7.21. The molecule has 118 valence electrons. The zero-order valence-corrected chi connectivity index (χ0v) is 12.4. The van der Waals surface area contributed by atoms with Crippen molar-refractivity contribution in [2.75, 3.05) is 38.2 Å². The minimum atomic E-state index is -1.16. The number of anilines is 1. The Bertz CT molecular complexity index is 594. The maximum Gasteiger partial charge on any atom is 0.319 e. The minimum Gasteiger partial charge on any atom is -0.481 e. The van der Waals surface area contributed by atoms with Crippen LogP contribution in [0.1, 0.15) is 12.8 Å². The molecule has 1 aromatic heterocycles. The number of aromatic nitrogens is 2. The molecule has 1 saturated carbocycles. The van der Waals surface area contributed by atoms with Crippen LogP contribution in [0.15, 0.2) is 12.3 Å². The largest absolute Gasteiger partial charge is 0.481 e. The van der Waals surface area contributed by atoms with E-state index in [1.54, 1.807) is 24.3 Å². The molecule has 0 unspecified atom stereocenters. The van der Waals surface area contributed by atoms with E-state index in [4.69, 9.17) is 4.74 Å². The first-order valence-corrected chi connectivity index (χ1v) is 7.21. The highest BCUT2D eigenvalue weighted by atomic mass is 16.5. The third kappa shape index (κ3) is 2.44. The molecule has 0 aromatic carbocycles. The van der Waals surface area contributed by atoms with Crippen LogP contribution in [0.4, 0.5) is 5.95 Å². The monoisotopic (exact) mass is 306 g/mol. The number of rotatable bonds is 4. The number of methoxy groups -OCH3 is 1. The topological polar surface area (TPSA) is 95.9 Å². The average molecular weight is 306 g/mol. The van der Waals surface area contributed by atoms with E-state index in [2.05, 4.69) is 9.97 Å². The van der Waals surface area contributed by atoms with Crippen LogP contribution in [0.5, 0.6) is 5.88 Å². The number of carbonyl (C=O) groups is 2. The van der Waals surface area contributed by atoms with E-state index >= 15 is 0 Å². The molecule has 1 amide bonds. The van der Waals surface area contributed by atoms with E-state index < -0.39 is 11.4 Å². The molecule has 0 bridgehead atoms. The Morgan fingerprint density at radius 3 is 2.50 bits per heavy atom. The number of hydrogen-bond donors (Lipinski definition) is 1. The smallest absolute Gasteiger partial charge is 0.319 e. The van der Waals surface area contributed by atoms with Crippen LogP contribution in [-0.2, 0) is 9.59 Å². The fourth-order valence-corrected chi connectivity index (χ4v) is 2.65. The molecule has 1 saturated heterocycles. The number of carboxylic acid groups (broad SMARTS) is 1. The summed E-state index contributed by atoms with van der Waals surface area (Å²) in [5.74, 6) is -0.209. The summed E-state index contributed by atoms with van der Waals surface area (Å²) in [7, 11) is 1.55. The number of hydrogen-bond acceptors (Lipinski definition) is 6. The van der Waals surface area contributed by atoms with Crippen LogP contribution >= 0.6 is 0 Å². The van der Waals surface area contributed by atoms with Crippen molar-refractivity contribution >= 4 is 17.8 Å². The predicted molar refractivity (Wildman–Crippen MR) is 76.7 cm³/mol. The minimum absolute atomic E-state index is 0.258. The molecule has 0 spiro atoms. The van der Waals surface area contributed by atoms with Crippen molar-refractivity contribution in [1.29, 1.82) is 0 Å². The van der Waals surface area contributed by atoms with Crippen molar-refractivity contribution in [2.24, 2.45) is 5.41 Å². The van der Waals surface area contributed by atoms with Crippen molar-refractivity contribution in [3.8, 4) is 5.88 Å². The molecule has 8 heteroatoms. The van der Waals surface area contributed by atoms with Crippen LogP contribution in [0.2, 0.25) is 0 Å². The van der Waals surface area contributed by atoms with E-state index in [-0.39, 0.29) is 5.91 Å². The molecule has 0 radical (unpaired) electrons. The molecule has 1 aliphatic carbocycles. The normalized spacial score (nSPS) is 19.7. The second kappa shape index (κ2) is 5.43. The van der Waals surface area contributed by atoms with Crippen LogP contribution in [0, 0.1) is 5.41 Å². The zero-order valence-electron chi connectivity index (χ0n) is 12.4. The fraction of sp³-hybridized carbons (Fsp3) is 0.571. The number of carboxylic acids is 1. The van der Waals surface area contributed by atoms with Gasteiger partial charge in [0.2, 0.25) is 17.7 Å². The van der Waals surface area contributed by atoms with Gasteiger partial charge in [-0.25, -0.2) is 4.98 Å². The first-order chi connectivity index (χ1) is 10.6. The molecule has 8 nitrogen and oxygen atoms in total. The number of amides is 1. The van der Waals surface area contributed by atoms with Gasteiger partial charge in [0.1, 0.15) is 5.41 Å². The number of carbonyl (C=O) groups excluding carboxylic acids is 1. The molecule has 3 rings (SSSR count). The summed E-state index contributed by atoms with van der Waals surface area (Å²) in [6.07, 6.45) is 2.52. The van der Waals surface area contributed by atoms with Gasteiger partial charge in [0, 0.05) is 38.4 Å². The third-order valence-electron chi connectivity index (χ3n) is 4.24. The molecule has 1 N–H and O–H groups in total. The van der Waals surface area contributed by atoms with E-state index in [9.17, 15) is 14.7 Å². The number of ether oxygens (including phenoxy) is 1. The summed E-state index contributed by atoms with van der Waals surface area (Å²) in [5, 5.41) is 9.20. The summed E-state index contributed by atoms with van der Waals surface area (Å²) in [6, 6.07) is 1.67. The van der Waals surface area contributed by atoms with E-state index in [1.807, 2.05) is 4.90 Å². The Hall–Kier alpha value is -2.38. The molecular weight excluding hydrogens is 288 g/mol. The van der Waals surface area contributed by atoms with Crippen LogP contribution < -0.4 is 9.64 Å². The molecule has 2 fully saturated rings. The van der Waals surface area contributed by atoms with Gasteiger partial charge in [-0.2, -0.15) is 4.98 Å². The van der Waals surface area contributed by atoms with Crippen LogP contribution in [0.25, 0.3) is 0 Å². The number of piperazine rings is 1. The van der Waals surface area contributed by atoms with Gasteiger partial charge < -0.3 is 19.6 Å². The lowest BCUT2D eigenvalue weighted by atomic mass is 10.1. The van der Waals surface area contributed by atoms with Crippen LogP contribution in [-0.4, -0.2) is 65.1 Å². The summed E-state index contributed by atoms with van der Waals surface area (Å²) in [6.45, 7) is 2.12. The summed E-state index contributed by atoms with van der Waals surface area (Å²) in [5.41, 5.74) is -1.16. The fourth-order valence-electron chi connectivity index (χ4n) is 2.65. The Kier molecular flexibility index (Phi) is 3.59. The van der Waals surface area contributed by atoms with Gasteiger partial charge in [0.25, 0.3) is 0 Å². The predicted octanol–water partition coefficient (Wildman–Crippen LogP) is -0.00140. The molecule has 1 aliphatic heterocycles. The molecular formula is C14H18N4O4. The van der Waals surface area contributed by atoms with Gasteiger partial charge in [0.15, 0.2) is 0 Å². The molecule has 1 aromatic rings. The molecule has 2 aliphatic rings. The molecule has 22 heavy (non-hydrogen) atoms. The first kappa shape index (κ1) is 14.6. The zero-order chi connectivity index (χ0) is 15.7. The third-order valence-corrected chi connectivity index (χ3v) is 4.24. The van der Waals surface area contributed by atoms with Gasteiger partial charge in [0.05, 0.1) is 7.11 Å². The van der Waals surface area contributed by atoms with Gasteiger partial charge in [-0.1, -0.05) is 0 Å². The Labute approximate surface area is 127 Å². The van der Waals surface area contributed by atoms with Gasteiger partial charge in [-0.15, -0.1) is 0 Å². The highest BCUT2D eigenvalue weighted by Crippen LogP contribution is 2.47. The SMILES string of the molecule is COc1ccnc(N2CCN(C(=O)C3(C(=O)O)CC3)CC2)n1. The van der Waals surface area contributed by atoms with Gasteiger partial charge in [-0.05, 0) is 12.8 Å². The second-order valence-corrected chi connectivity index (χ2v) is 5.57. The lowest BCUT2D eigenvalue weighted by Crippen LogP contribution is -2.52. The average Bonchev–Trinajstić information content (AvgIpc) is 3.36. The molecule has 2 heterocycles. The molecule has 0 atom stereocenters. The van der Waals surface area contributed by atoms with Crippen molar-refractivity contribution in [2.45, 2.75) is 12.8 Å². The summed E-state index contributed by atoms with van der Waals surface area (Å²) < 4.78 is 5.08. The van der Waals surface area contributed by atoms with E-state index in [0.717, 1.165) is 0 Å². The van der Waals surface area contributed by atoms with Gasteiger partial charge in [-0.3, -0.25) is 9.59 Å². The lowest BCUT2D eigenvalue weighted by Gasteiger charge is -2.35. The van der Waals surface area contributed by atoms with Crippen molar-refractivity contribution in [3.05, 3.63) is 12.3 Å². The number of aliphatic carboxylic acids is 1.